The van der Waals surface area contributed by atoms with E-state index in [-0.39, 0.29) is 0 Å². The molecule has 0 atom stereocenters. The molecule has 0 aliphatic rings. The summed E-state index contributed by atoms with van der Waals surface area (Å²) >= 11 is 4.66. The van der Waals surface area contributed by atoms with E-state index in [4.69, 9.17) is 0 Å². The Hall–Kier alpha value is 1.52. The summed E-state index contributed by atoms with van der Waals surface area (Å²) in [5, 5.41) is 0. The third kappa shape index (κ3) is 9.66. The molecule has 0 saturated carbocycles. The van der Waals surface area contributed by atoms with Crippen molar-refractivity contribution in [2.24, 2.45) is 0 Å². The molecule has 3 heteroatoms. The Balaban J connectivity index is 2.32. The van der Waals surface area contributed by atoms with Crippen LogP contribution in [0.3, 0.4) is 0 Å². The molecule has 0 unspecified atom stereocenters. The van der Waals surface area contributed by atoms with Crippen molar-refractivity contribution in [2.45, 2.75) is 1.83 Å². The predicted octanol–water partition coefficient (Wildman–Crippen LogP) is 0.773. The maximum Gasteiger partial charge on any atom is 0.131 e. The standard InChI is InChI=1S/CH3BI2/c2-1(3)4/h1H,2H2. The van der Waals surface area contributed by atoms with Gasteiger partial charge in [0.05, 0.1) is 0 Å². The predicted molar refractivity (Wildman–Crippen MR) is 40.4 cm³/mol. The largest absolute Gasteiger partial charge is 0.131 e. The molecule has 0 amide bonds. The van der Waals surface area contributed by atoms with Crippen LogP contribution in [0, 0.1) is 0 Å². The first-order chi connectivity index (χ1) is 1.73. The SMILES string of the molecule is BC(I)I. The maximum atomic E-state index is 2.33. The molecule has 0 radical (unpaired) electrons. The van der Waals surface area contributed by atoms with Crippen LogP contribution >= 0.6 is 45.2 Å². The van der Waals surface area contributed by atoms with E-state index in [9.17, 15) is 0 Å². The van der Waals surface area contributed by atoms with Gasteiger partial charge in [0.2, 0.25) is 0 Å². The van der Waals surface area contributed by atoms with Crippen LogP contribution in [-0.2, 0) is 0 Å². The highest BCUT2D eigenvalue weighted by Crippen LogP contribution is 2.00. The van der Waals surface area contributed by atoms with Gasteiger partial charge >= 0.3 is 0 Å². The van der Waals surface area contributed by atoms with E-state index in [1.807, 2.05) is 0 Å². The second kappa shape index (κ2) is 2.75. The minimum absolute atomic E-state index is 0.773. The highest BCUT2D eigenvalue weighted by molar-refractivity contribution is 14.2. The van der Waals surface area contributed by atoms with Gasteiger partial charge in [-0.3, -0.25) is 0 Å². The van der Waals surface area contributed by atoms with Crippen molar-refractivity contribution in [1.29, 1.82) is 0 Å². The van der Waals surface area contributed by atoms with E-state index in [0.29, 0.717) is 0 Å². The smallest absolute Gasteiger partial charge is 0.0812 e. The van der Waals surface area contributed by atoms with Crippen LogP contribution in [0.1, 0.15) is 0 Å². The Morgan fingerprint density at radius 2 is 1.50 bits per heavy atom. The molecule has 0 N–H and O–H groups in total. The van der Waals surface area contributed by atoms with Gasteiger partial charge in [0, 0.05) is 1.83 Å². The van der Waals surface area contributed by atoms with Crippen molar-refractivity contribution in [3.63, 3.8) is 0 Å². The Morgan fingerprint density at radius 1 is 1.50 bits per heavy atom. The molecule has 0 aromatic carbocycles. The summed E-state index contributed by atoms with van der Waals surface area (Å²) < 4.78 is 0.773. The average molecular weight is 280 g/mol. The van der Waals surface area contributed by atoms with Crippen LogP contribution in [-0.4, -0.2) is 9.68 Å². The van der Waals surface area contributed by atoms with Crippen molar-refractivity contribution in [3.8, 4) is 0 Å². The van der Waals surface area contributed by atoms with E-state index in [2.05, 4.69) is 53.0 Å². The molecule has 0 spiro atoms. The fourth-order valence-corrected chi connectivity index (χ4v) is 0. The second-order valence-corrected chi connectivity index (χ2v) is 6.64. The Bertz CT molecular complexity index is 10.8. The van der Waals surface area contributed by atoms with Gasteiger partial charge < -0.3 is 0 Å². The molecule has 0 fully saturated rings. The van der Waals surface area contributed by atoms with Gasteiger partial charge in [-0.2, -0.15) is 0 Å². The van der Waals surface area contributed by atoms with Crippen LogP contribution in [0.25, 0.3) is 0 Å². The minimum atomic E-state index is 0.773. The van der Waals surface area contributed by atoms with Crippen LogP contribution in [0.4, 0.5) is 0 Å². The first kappa shape index (κ1) is 5.52. The first-order valence-corrected chi connectivity index (χ1v) is 3.51. The molecular formula is CH3BI2. The zero-order valence-electron chi connectivity index (χ0n) is 2.33. The fourth-order valence-electron chi connectivity index (χ4n) is 0. The molecule has 0 heterocycles. The van der Waals surface area contributed by atoms with E-state index >= 15 is 0 Å². The van der Waals surface area contributed by atoms with Crippen molar-refractivity contribution in [3.05, 3.63) is 0 Å². The summed E-state index contributed by atoms with van der Waals surface area (Å²) in [4.78, 5) is 0. The average Bonchev–Trinajstić information content (AvgIpc) is 0.811. The van der Waals surface area contributed by atoms with Gasteiger partial charge in [-0.15, -0.1) is 0 Å². The van der Waals surface area contributed by atoms with Crippen molar-refractivity contribution in [1.82, 2.24) is 0 Å². The number of hydrogen-bond acceptors (Lipinski definition) is 0. The number of halogens is 2. The molecular weight excluding hydrogens is 277 g/mol. The van der Waals surface area contributed by atoms with Crippen LogP contribution in [0.2, 0.25) is 0 Å². The summed E-state index contributed by atoms with van der Waals surface area (Å²) in [6.07, 6.45) is 0. The number of alkyl halides is 2. The number of rotatable bonds is 0. The Kier molecular flexibility index (Phi) is 3.79. The highest BCUT2D eigenvalue weighted by Gasteiger charge is 1.75. The van der Waals surface area contributed by atoms with Crippen molar-refractivity contribution in [2.75, 3.05) is 0 Å². The summed E-state index contributed by atoms with van der Waals surface area (Å²) in [5.41, 5.74) is 0. The van der Waals surface area contributed by atoms with Crippen molar-refractivity contribution >= 4 is 53.0 Å². The molecule has 24 valence electrons. The molecule has 0 aliphatic carbocycles. The quantitative estimate of drug-likeness (QED) is 0.349. The van der Waals surface area contributed by atoms with Gasteiger partial charge in [-0.25, -0.2) is 0 Å². The Labute approximate surface area is 54.4 Å². The van der Waals surface area contributed by atoms with E-state index in [1.54, 1.807) is 0 Å². The van der Waals surface area contributed by atoms with Crippen LogP contribution in [0.15, 0.2) is 0 Å². The molecule has 4 heavy (non-hydrogen) atoms. The summed E-state index contributed by atoms with van der Waals surface area (Å²) in [6, 6.07) is 0. The zero-order chi connectivity index (χ0) is 3.58. The first-order valence-electron chi connectivity index (χ1n) is 1.01. The van der Waals surface area contributed by atoms with Gasteiger partial charge in [0.25, 0.3) is 0 Å². The normalized spacial score (nSPS) is 8.75. The lowest BCUT2D eigenvalue weighted by molar-refractivity contribution is 2.27. The van der Waals surface area contributed by atoms with Crippen molar-refractivity contribution < 1.29 is 0 Å². The van der Waals surface area contributed by atoms with Crippen LogP contribution < -0.4 is 0 Å². The zero-order valence-corrected chi connectivity index (χ0v) is 6.65. The molecule has 0 aromatic heterocycles. The molecule has 0 aliphatic heterocycles. The van der Waals surface area contributed by atoms with Gasteiger partial charge in [0.15, 0.2) is 0 Å². The van der Waals surface area contributed by atoms with Crippen LogP contribution in [0.5, 0.6) is 0 Å². The molecule has 0 aromatic rings. The molecule has 0 rings (SSSR count). The van der Waals surface area contributed by atoms with E-state index in [0.717, 1.165) is 1.83 Å². The third-order valence-corrected chi connectivity index (χ3v) is 0. The molecule has 0 bridgehead atoms. The molecule has 0 saturated heterocycles. The lowest BCUT2D eigenvalue weighted by Gasteiger charge is -1.72. The lowest BCUT2D eigenvalue weighted by atomic mass is 10.2. The fraction of sp³-hybridized carbons (Fsp3) is 1.00. The summed E-state index contributed by atoms with van der Waals surface area (Å²) in [5.74, 6) is 0. The topological polar surface area (TPSA) is 0 Å². The lowest BCUT2D eigenvalue weighted by Crippen LogP contribution is -1.72. The monoisotopic (exact) mass is 280 g/mol. The maximum absolute atomic E-state index is 2.33. The van der Waals surface area contributed by atoms with E-state index in [1.165, 1.54) is 0 Å². The summed E-state index contributed by atoms with van der Waals surface area (Å²) in [6.45, 7) is 0. The third-order valence-electron chi connectivity index (χ3n) is 0. The van der Waals surface area contributed by atoms with Gasteiger partial charge in [0.1, 0.15) is 7.85 Å². The number of hydrogen-bond donors (Lipinski definition) is 0. The van der Waals surface area contributed by atoms with E-state index < -0.39 is 0 Å². The van der Waals surface area contributed by atoms with Gasteiger partial charge in [-0.1, -0.05) is 45.2 Å². The van der Waals surface area contributed by atoms with Gasteiger partial charge in [-0.05, 0) is 0 Å². The minimum Gasteiger partial charge on any atom is -0.0812 e. The summed E-state index contributed by atoms with van der Waals surface area (Å²) in [7, 11) is 2.14. The highest BCUT2D eigenvalue weighted by atomic mass is 127. The molecule has 0 nitrogen and oxygen atoms in total. The Morgan fingerprint density at radius 3 is 1.50 bits per heavy atom. The second-order valence-electron chi connectivity index (χ2n) is 0.519.